The van der Waals surface area contributed by atoms with Crippen LogP contribution in [0.25, 0.3) is 0 Å². The first-order chi connectivity index (χ1) is 9.29. The molecule has 1 N–H and O–H groups in total. The summed E-state index contributed by atoms with van der Waals surface area (Å²) in [5, 5.41) is 10.3. The van der Waals surface area contributed by atoms with Gasteiger partial charge in [0, 0.05) is 7.11 Å². The maximum absolute atomic E-state index is 10.3. The van der Waals surface area contributed by atoms with Crippen molar-refractivity contribution in [3.63, 3.8) is 0 Å². The topological polar surface area (TPSA) is 57.2 Å². The van der Waals surface area contributed by atoms with Gasteiger partial charge >= 0.3 is 0 Å². The molecule has 2 heterocycles. The summed E-state index contributed by atoms with van der Waals surface area (Å²) in [5.74, 6) is 0. The van der Waals surface area contributed by atoms with Gasteiger partial charge in [-0.05, 0) is 5.56 Å². The highest BCUT2D eigenvalue weighted by Crippen LogP contribution is 2.31. The Hall–Kier alpha value is -0.980. The quantitative estimate of drug-likeness (QED) is 0.869. The van der Waals surface area contributed by atoms with Gasteiger partial charge in [-0.25, -0.2) is 0 Å². The zero-order valence-electron chi connectivity index (χ0n) is 10.8. The fourth-order valence-electron chi connectivity index (χ4n) is 2.59. The van der Waals surface area contributed by atoms with Crippen molar-refractivity contribution < 1.29 is 24.1 Å². The Kier molecular flexibility index (Phi) is 3.81. The molecule has 2 bridgehead atoms. The Morgan fingerprint density at radius 1 is 1.26 bits per heavy atom. The molecule has 5 heteroatoms. The van der Waals surface area contributed by atoms with Crippen LogP contribution < -0.4 is 0 Å². The number of hydrogen-bond acceptors (Lipinski definition) is 5. The average Bonchev–Trinajstić information content (AvgIpc) is 2.86. The monoisotopic (exact) mass is 266 g/mol. The van der Waals surface area contributed by atoms with Crippen LogP contribution >= 0.6 is 0 Å². The first-order valence-electron chi connectivity index (χ1n) is 6.43. The first kappa shape index (κ1) is 13.0. The Bertz CT molecular complexity index is 410. The van der Waals surface area contributed by atoms with Crippen molar-refractivity contribution in [2.75, 3.05) is 13.7 Å². The standard InChI is InChI=1S/C14H18O5/c1-16-12-10-8-18-14(19-10)13(11(12)15)17-7-9-5-3-2-4-6-9/h2-6,10-15H,7-8H2,1H3/t10-,11+,12-,13-,14-/m1/s1. The van der Waals surface area contributed by atoms with Gasteiger partial charge in [-0.3, -0.25) is 0 Å². The molecular formula is C14H18O5. The lowest BCUT2D eigenvalue weighted by Gasteiger charge is -2.37. The molecule has 2 aliphatic heterocycles. The zero-order chi connectivity index (χ0) is 13.2. The van der Waals surface area contributed by atoms with Crippen LogP contribution in [0.15, 0.2) is 30.3 Å². The third-order valence-electron chi connectivity index (χ3n) is 3.60. The van der Waals surface area contributed by atoms with Crippen molar-refractivity contribution in [2.24, 2.45) is 0 Å². The molecular weight excluding hydrogens is 248 g/mol. The summed E-state index contributed by atoms with van der Waals surface area (Å²) in [6.45, 7) is 0.846. The van der Waals surface area contributed by atoms with Crippen LogP contribution in [0.4, 0.5) is 0 Å². The predicted octanol–water partition coefficient (Wildman–Crippen LogP) is 0.703. The number of hydrogen-bond donors (Lipinski definition) is 1. The molecule has 2 saturated heterocycles. The fourth-order valence-corrected chi connectivity index (χ4v) is 2.59. The highest BCUT2D eigenvalue weighted by atomic mass is 16.8. The molecule has 2 aliphatic rings. The molecule has 0 saturated carbocycles. The maximum atomic E-state index is 10.3. The number of rotatable bonds is 4. The van der Waals surface area contributed by atoms with E-state index in [1.165, 1.54) is 0 Å². The molecule has 1 aromatic carbocycles. The van der Waals surface area contributed by atoms with E-state index in [9.17, 15) is 5.11 Å². The molecule has 2 fully saturated rings. The van der Waals surface area contributed by atoms with Crippen molar-refractivity contribution >= 4 is 0 Å². The third-order valence-corrected chi connectivity index (χ3v) is 3.60. The summed E-state index contributed by atoms with van der Waals surface area (Å²) in [6.07, 6.45) is -2.37. The molecule has 3 rings (SSSR count). The summed E-state index contributed by atoms with van der Waals surface area (Å²) in [7, 11) is 1.56. The average molecular weight is 266 g/mol. The fraction of sp³-hybridized carbons (Fsp3) is 0.571. The second-order valence-electron chi connectivity index (χ2n) is 4.83. The van der Waals surface area contributed by atoms with E-state index in [1.807, 2.05) is 30.3 Å². The van der Waals surface area contributed by atoms with Crippen LogP contribution in [-0.4, -0.2) is 49.5 Å². The van der Waals surface area contributed by atoms with Gasteiger partial charge in [-0.15, -0.1) is 0 Å². The maximum Gasteiger partial charge on any atom is 0.187 e. The third kappa shape index (κ3) is 2.52. The van der Waals surface area contributed by atoms with Crippen molar-refractivity contribution in [3.05, 3.63) is 35.9 Å². The van der Waals surface area contributed by atoms with Crippen LogP contribution in [0, 0.1) is 0 Å². The van der Waals surface area contributed by atoms with Crippen molar-refractivity contribution in [1.29, 1.82) is 0 Å². The Labute approximate surface area is 112 Å². The second kappa shape index (κ2) is 5.56. The molecule has 1 aromatic rings. The van der Waals surface area contributed by atoms with Gasteiger partial charge in [-0.2, -0.15) is 0 Å². The number of ether oxygens (including phenoxy) is 4. The minimum Gasteiger partial charge on any atom is -0.387 e. The molecule has 0 aliphatic carbocycles. The lowest BCUT2D eigenvalue weighted by molar-refractivity contribution is -0.250. The summed E-state index contributed by atoms with van der Waals surface area (Å²) in [6, 6.07) is 9.80. The molecule has 5 atom stereocenters. The smallest absolute Gasteiger partial charge is 0.187 e. The second-order valence-corrected chi connectivity index (χ2v) is 4.83. The largest absolute Gasteiger partial charge is 0.387 e. The first-order valence-corrected chi connectivity index (χ1v) is 6.43. The van der Waals surface area contributed by atoms with E-state index in [1.54, 1.807) is 7.11 Å². The molecule has 0 spiro atoms. The van der Waals surface area contributed by atoms with E-state index < -0.39 is 24.6 Å². The normalized spacial score (nSPS) is 37.5. The highest BCUT2D eigenvalue weighted by Gasteiger charge is 2.51. The van der Waals surface area contributed by atoms with Crippen LogP contribution in [0.2, 0.25) is 0 Å². The summed E-state index contributed by atoms with van der Waals surface area (Å²) >= 11 is 0. The van der Waals surface area contributed by atoms with E-state index >= 15 is 0 Å². The molecule has 5 nitrogen and oxygen atoms in total. The SMILES string of the molecule is CO[C@H]1[C@H](O)[C@@H](OCc2ccccc2)[C@@H]2OC[C@H]1O2. The van der Waals surface area contributed by atoms with Gasteiger partial charge in [-0.1, -0.05) is 30.3 Å². The van der Waals surface area contributed by atoms with E-state index in [0.29, 0.717) is 13.2 Å². The molecule has 0 aromatic heterocycles. The van der Waals surface area contributed by atoms with Gasteiger partial charge in [0.05, 0.1) is 13.2 Å². The molecule has 19 heavy (non-hydrogen) atoms. The van der Waals surface area contributed by atoms with E-state index in [0.717, 1.165) is 5.56 Å². The van der Waals surface area contributed by atoms with Crippen molar-refractivity contribution in [2.45, 2.75) is 37.3 Å². The molecule has 0 unspecified atom stereocenters. The number of aliphatic hydroxyl groups excluding tert-OH is 1. The minimum atomic E-state index is -0.736. The van der Waals surface area contributed by atoms with Gasteiger partial charge in [0.15, 0.2) is 6.29 Å². The molecule has 0 amide bonds. The molecule has 104 valence electrons. The predicted molar refractivity (Wildman–Crippen MR) is 66.4 cm³/mol. The van der Waals surface area contributed by atoms with Crippen LogP contribution in [0.5, 0.6) is 0 Å². The Morgan fingerprint density at radius 3 is 2.79 bits per heavy atom. The van der Waals surface area contributed by atoms with Crippen LogP contribution in [0.1, 0.15) is 5.56 Å². The summed E-state index contributed by atoms with van der Waals surface area (Å²) < 4.78 is 22.2. The lowest BCUT2D eigenvalue weighted by Crippen LogP contribution is -2.55. The van der Waals surface area contributed by atoms with Gasteiger partial charge in [0.1, 0.15) is 24.4 Å². The summed E-state index contributed by atoms with van der Waals surface area (Å²) in [4.78, 5) is 0. The van der Waals surface area contributed by atoms with Gasteiger partial charge < -0.3 is 24.1 Å². The minimum absolute atomic E-state index is 0.207. The van der Waals surface area contributed by atoms with Gasteiger partial charge in [0.2, 0.25) is 0 Å². The number of fused-ring (bicyclic) bond motifs is 2. The van der Waals surface area contributed by atoms with Crippen molar-refractivity contribution in [1.82, 2.24) is 0 Å². The zero-order valence-corrected chi connectivity index (χ0v) is 10.8. The van der Waals surface area contributed by atoms with E-state index in [4.69, 9.17) is 18.9 Å². The molecule has 0 radical (unpaired) electrons. The van der Waals surface area contributed by atoms with Gasteiger partial charge in [0.25, 0.3) is 0 Å². The van der Waals surface area contributed by atoms with Crippen LogP contribution in [-0.2, 0) is 25.6 Å². The van der Waals surface area contributed by atoms with Crippen LogP contribution in [0.3, 0.4) is 0 Å². The Morgan fingerprint density at radius 2 is 2.05 bits per heavy atom. The summed E-state index contributed by atoms with van der Waals surface area (Å²) in [5.41, 5.74) is 1.05. The lowest BCUT2D eigenvalue weighted by atomic mass is 10.0. The number of aliphatic hydroxyl groups is 1. The van der Waals surface area contributed by atoms with E-state index in [-0.39, 0.29) is 6.10 Å². The number of benzene rings is 1. The Balaban J connectivity index is 1.66. The highest BCUT2D eigenvalue weighted by molar-refractivity contribution is 5.13. The number of methoxy groups -OCH3 is 1. The van der Waals surface area contributed by atoms with E-state index in [2.05, 4.69) is 0 Å². The van der Waals surface area contributed by atoms with Crippen molar-refractivity contribution in [3.8, 4) is 0 Å².